The standard InChI is InChI=1S/C16H28N6O2.HI/c1-11(2)15(23)22-9-7-13(10-22)20-16(17-4)18-8-5-6-14-19-12(3)21-24-14;/h11,13H,5-10H2,1-4H3,(H2,17,18,20);1H. The van der Waals surface area contributed by atoms with Gasteiger partial charge < -0.3 is 20.1 Å². The summed E-state index contributed by atoms with van der Waals surface area (Å²) in [6.45, 7) is 8.00. The Balaban J connectivity index is 0.00000312. The molecular weight excluding hydrogens is 435 g/mol. The van der Waals surface area contributed by atoms with Crippen LogP contribution in [0.5, 0.6) is 0 Å². The van der Waals surface area contributed by atoms with Gasteiger partial charge in [0.25, 0.3) is 0 Å². The van der Waals surface area contributed by atoms with Crippen molar-refractivity contribution in [3.8, 4) is 0 Å². The van der Waals surface area contributed by atoms with E-state index in [2.05, 4.69) is 25.8 Å². The summed E-state index contributed by atoms with van der Waals surface area (Å²) in [5.41, 5.74) is 0. The van der Waals surface area contributed by atoms with Crippen LogP contribution in [-0.2, 0) is 11.2 Å². The summed E-state index contributed by atoms with van der Waals surface area (Å²) in [6, 6.07) is 0.248. The number of nitrogens with zero attached hydrogens (tertiary/aromatic N) is 4. The van der Waals surface area contributed by atoms with Gasteiger partial charge in [0.2, 0.25) is 11.8 Å². The molecule has 1 aromatic rings. The molecule has 1 aliphatic rings. The van der Waals surface area contributed by atoms with Crippen molar-refractivity contribution in [3.05, 3.63) is 11.7 Å². The Kier molecular flexibility index (Phi) is 9.15. The number of guanidine groups is 1. The second kappa shape index (κ2) is 10.6. The topological polar surface area (TPSA) is 95.7 Å². The number of likely N-dealkylation sites (tertiary alicyclic amines) is 1. The molecule has 1 fully saturated rings. The second-order valence-electron chi connectivity index (χ2n) is 6.41. The van der Waals surface area contributed by atoms with Gasteiger partial charge in [0.05, 0.1) is 0 Å². The average Bonchev–Trinajstić information content (AvgIpc) is 3.18. The van der Waals surface area contributed by atoms with Gasteiger partial charge in [-0.05, 0) is 19.8 Å². The van der Waals surface area contributed by atoms with Crippen LogP contribution in [0.25, 0.3) is 0 Å². The minimum Gasteiger partial charge on any atom is -0.356 e. The minimum atomic E-state index is 0. The first-order valence-corrected chi connectivity index (χ1v) is 8.54. The van der Waals surface area contributed by atoms with E-state index in [0.29, 0.717) is 11.7 Å². The number of halogens is 1. The second-order valence-corrected chi connectivity index (χ2v) is 6.41. The molecule has 0 bridgehead atoms. The van der Waals surface area contributed by atoms with Crippen molar-refractivity contribution in [2.75, 3.05) is 26.7 Å². The van der Waals surface area contributed by atoms with Crippen LogP contribution in [0.1, 0.15) is 38.4 Å². The Bertz CT molecular complexity index is 575. The van der Waals surface area contributed by atoms with Crippen LogP contribution in [0.15, 0.2) is 9.52 Å². The molecule has 2 N–H and O–H groups in total. The third kappa shape index (κ3) is 6.79. The lowest BCUT2D eigenvalue weighted by atomic mass is 10.2. The molecule has 2 rings (SSSR count). The van der Waals surface area contributed by atoms with Gasteiger partial charge in [-0.1, -0.05) is 19.0 Å². The van der Waals surface area contributed by atoms with Gasteiger partial charge in [0.1, 0.15) is 0 Å². The van der Waals surface area contributed by atoms with Gasteiger partial charge >= 0.3 is 0 Å². The van der Waals surface area contributed by atoms with E-state index in [-0.39, 0.29) is 41.8 Å². The maximum absolute atomic E-state index is 12.0. The molecule has 0 aromatic carbocycles. The molecule has 9 heteroatoms. The Morgan fingerprint density at radius 1 is 1.48 bits per heavy atom. The molecule has 1 saturated heterocycles. The highest BCUT2D eigenvalue weighted by molar-refractivity contribution is 14.0. The maximum Gasteiger partial charge on any atom is 0.226 e. The summed E-state index contributed by atoms with van der Waals surface area (Å²) in [5.74, 6) is 2.36. The zero-order chi connectivity index (χ0) is 17.5. The Morgan fingerprint density at radius 3 is 2.84 bits per heavy atom. The Morgan fingerprint density at radius 2 is 2.24 bits per heavy atom. The molecule has 1 aliphatic heterocycles. The van der Waals surface area contributed by atoms with Gasteiger partial charge in [-0.15, -0.1) is 24.0 Å². The number of carbonyl (C=O) groups excluding carboxylic acids is 1. The van der Waals surface area contributed by atoms with E-state index in [1.807, 2.05) is 25.7 Å². The van der Waals surface area contributed by atoms with Gasteiger partial charge in [-0.25, -0.2) is 0 Å². The summed E-state index contributed by atoms with van der Waals surface area (Å²) in [6.07, 6.45) is 2.57. The van der Waals surface area contributed by atoms with E-state index >= 15 is 0 Å². The quantitative estimate of drug-likeness (QED) is 0.286. The van der Waals surface area contributed by atoms with Crippen LogP contribution < -0.4 is 10.6 Å². The molecule has 0 saturated carbocycles. The van der Waals surface area contributed by atoms with Crippen molar-refractivity contribution in [1.29, 1.82) is 0 Å². The molecule has 8 nitrogen and oxygen atoms in total. The largest absolute Gasteiger partial charge is 0.356 e. The van der Waals surface area contributed by atoms with Crippen LogP contribution in [0, 0.1) is 12.8 Å². The summed E-state index contributed by atoms with van der Waals surface area (Å²) in [5, 5.41) is 10.4. The average molecular weight is 464 g/mol. The number of aromatic nitrogens is 2. The summed E-state index contributed by atoms with van der Waals surface area (Å²) in [7, 11) is 1.75. The molecular formula is C16H29IN6O2. The monoisotopic (exact) mass is 464 g/mol. The first kappa shape index (κ1) is 21.7. The molecule has 2 heterocycles. The molecule has 0 aliphatic carbocycles. The Hall–Kier alpha value is -1.39. The van der Waals surface area contributed by atoms with E-state index in [1.165, 1.54) is 0 Å². The van der Waals surface area contributed by atoms with E-state index < -0.39 is 0 Å². The smallest absolute Gasteiger partial charge is 0.226 e. The van der Waals surface area contributed by atoms with Crippen LogP contribution in [0.2, 0.25) is 0 Å². The summed E-state index contributed by atoms with van der Waals surface area (Å²) in [4.78, 5) is 22.4. The lowest BCUT2D eigenvalue weighted by Gasteiger charge is -2.20. The first-order chi connectivity index (χ1) is 11.5. The molecule has 0 radical (unpaired) electrons. The molecule has 142 valence electrons. The fraction of sp³-hybridized carbons (Fsp3) is 0.750. The maximum atomic E-state index is 12.0. The molecule has 1 unspecified atom stereocenters. The Labute approximate surface area is 166 Å². The van der Waals surface area contributed by atoms with Crippen molar-refractivity contribution in [3.63, 3.8) is 0 Å². The molecule has 1 atom stereocenters. The third-order valence-electron chi connectivity index (χ3n) is 3.99. The van der Waals surface area contributed by atoms with E-state index in [4.69, 9.17) is 4.52 Å². The van der Waals surface area contributed by atoms with E-state index in [1.54, 1.807) is 7.05 Å². The highest BCUT2D eigenvalue weighted by atomic mass is 127. The van der Waals surface area contributed by atoms with Crippen LogP contribution in [-0.4, -0.2) is 59.6 Å². The lowest BCUT2D eigenvalue weighted by Crippen LogP contribution is -2.45. The van der Waals surface area contributed by atoms with E-state index in [9.17, 15) is 4.79 Å². The first-order valence-electron chi connectivity index (χ1n) is 8.54. The van der Waals surface area contributed by atoms with Crippen LogP contribution >= 0.6 is 24.0 Å². The van der Waals surface area contributed by atoms with Gasteiger partial charge in [0, 0.05) is 45.1 Å². The number of amides is 1. The lowest BCUT2D eigenvalue weighted by molar-refractivity contribution is -0.133. The van der Waals surface area contributed by atoms with Crippen LogP contribution in [0.3, 0.4) is 0 Å². The summed E-state index contributed by atoms with van der Waals surface area (Å²) < 4.78 is 5.09. The number of aliphatic imine (C=N–C) groups is 1. The summed E-state index contributed by atoms with van der Waals surface area (Å²) >= 11 is 0. The normalized spacial score (nSPS) is 17.6. The van der Waals surface area contributed by atoms with E-state index in [0.717, 1.165) is 44.9 Å². The highest BCUT2D eigenvalue weighted by Gasteiger charge is 2.27. The fourth-order valence-electron chi connectivity index (χ4n) is 2.72. The van der Waals surface area contributed by atoms with Gasteiger partial charge in [0.15, 0.2) is 11.8 Å². The van der Waals surface area contributed by atoms with Gasteiger partial charge in [-0.2, -0.15) is 4.98 Å². The molecule has 1 aromatic heterocycles. The minimum absolute atomic E-state index is 0. The predicted octanol–water partition coefficient (Wildman–Crippen LogP) is 1.35. The number of hydrogen-bond acceptors (Lipinski definition) is 5. The van der Waals surface area contributed by atoms with Gasteiger partial charge in [-0.3, -0.25) is 9.79 Å². The van der Waals surface area contributed by atoms with Crippen LogP contribution in [0.4, 0.5) is 0 Å². The number of hydrogen-bond donors (Lipinski definition) is 2. The molecule has 0 spiro atoms. The van der Waals surface area contributed by atoms with Crippen molar-refractivity contribution < 1.29 is 9.32 Å². The number of carbonyl (C=O) groups is 1. The van der Waals surface area contributed by atoms with Crippen molar-refractivity contribution in [2.45, 2.75) is 46.1 Å². The van der Waals surface area contributed by atoms with Crippen molar-refractivity contribution in [2.24, 2.45) is 10.9 Å². The highest BCUT2D eigenvalue weighted by Crippen LogP contribution is 2.12. The van der Waals surface area contributed by atoms with Crippen molar-refractivity contribution in [1.82, 2.24) is 25.7 Å². The fourth-order valence-corrected chi connectivity index (χ4v) is 2.72. The molecule has 25 heavy (non-hydrogen) atoms. The zero-order valence-corrected chi connectivity index (χ0v) is 17.7. The zero-order valence-electron chi connectivity index (χ0n) is 15.4. The third-order valence-corrected chi connectivity index (χ3v) is 3.99. The SMILES string of the molecule is CN=C(NCCCc1nc(C)no1)NC1CCN(C(=O)C(C)C)C1.I. The number of nitrogens with one attached hydrogen (secondary N) is 2. The predicted molar refractivity (Wildman–Crippen MR) is 107 cm³/mol. The number of rotatable bonds is 6. The molecule has 1 amide bonds. The number of aryl methyl sites for hydroxylation is 2. The van der Waals surface area contributed by atoms with Crippen molar-refractivity contribution >= 4 is 35.8 Å².